The third-order valence-electron chi connectivity index (χ3n) is 7.44. The standard InChI is InChI=1S/C36H38N2O6S/c1-2-42-34(40)22-38-36(41)37-21-29-8-6-7-11-32(29)26-16-18-28(19-17-26)35-43-30(24-45-31-9-4-3-5-10-31)20-33(44-35)27-14-12-25(23-39)13-15-27/h3-19,30,33,35,39H,2,20-24H2,1H3,(H2,37,38,41). The van der Waals surface area contributed by atoms with E-state index in [4.69, 9.17) is 14.2 Å². The van der Waals surface area contributed by atoms with Crippen molar-refractivity contribution in [3.05, 3.63) is 125 Å². The fourth-order valence-corrected chi connectivity index (χ4v) is 6.05. The first-order valence-corrected chi connectivity index (χ1v) is 16.0. The van der Waals surface area contributed by atoms with Crippen molar-refractivity contribution >= 4 is 23.8 Å². The summed E-state index contributed by atoms with van der Waals surface area (Å²) in [5, 5.41) is 14.8. The topological polar surface area (TPSA) is 106 Å². The van der Waals surface area contributed by atoms with Crippen LogP contribution in [0, 0.1) is 0 Å². The van der Waals surface area contributed by atoms with E-state index in [2.05, 4.69) is 22.8 Å². The largest absolute Gasteiger partial charge is 0.465 e. The van der Waals surface area contributed by atoms with Gasteiger partial charge in [-0.3, -0.25) is 4.79 Å². The Morgan fingerprint density at radius 3 is 2.31 bits per heavy atom. The molecule has 3 unspecified atom stereocenters. The summed E-state index contributed by atoms with van der Waals surface area (Å²) in [5.41, 5.74) is 5.75. The molecule has 0 radical (unpaired) electrons. The molecular formula is C36H38N2O6S. The number of nitrogens with one attached hydrogen (secondary N) is 2. The predicted octanol–water partition coefficient (Wildman–Crippen LogP) is 6.55. The molecular weight excluding hydrogens is 588 g/mol. The van der Waals surface area contributed by atoms with Gasteiger partial charge in [0.25, 0.3) is 0 Å². The van der Waals surface area contributed by atoms with Gasteiger partial charge in [0.15, 0.2) is 6.29 Å². The van der Waals surface area contributed by atoms with Gasteiger partial charge in [-0.15, -0.1) is 11.8 Å². The Balaban J connectivity index is 1.28. The maximum absolute atomic E-state index is 12.2. The summed E-state index contributed by atoms with van der Waals surface area (Å²) in [6, 6.07) is 33.7. The molecule has 1 fully saturated rings. The van der Waals surface area contributed by atoms with Crippen LogP contribution in [-0.2, 0) is 32.2 Å². The molecule has 4 aromatic carbocycles. The average Bonchev–Trinajstić information content (AvgIpc) is 3.09. The van der Waals surface area contributed by atoms with Crippen LogP contribution in [0.4, 0.5) is 4.79 Å². The third-order valence-corrected chi connectivity index (χ3v) is 8.59. The second-order valence-corrected chi connectivity index (χ2v) is 11.7. The SMILES string of the molecule is CCOC(=O)CNC(=O)NCc1ccccc1-c1ccc(C2OC(CSc3ccccc3)CC(c3ccc(CO)cc3)O2)cc1. The lowest BCUT2D eigenvalue weighted by atomic mass is 9.98. The van der Waals surface area contributed by atoms with Crippen molar-refractivity contribution in [2.75, 3.05) is 18.9 Å². The molecule has 1 aliphatic heterocycles. The molecule has 1 saturated heterocycles. The van der Waals surface area contributed by atoms with E-state index in [1.54, 1.807) is 18.7 Å². The monoisotopic (exact) mass is 626 g/mol. The molecule has 0 aliphatic carbocycles. The maximum Gasteiger partial charge on any atom is 0.325 e. The zero-order valence-electron chi connectivity index (χ0n) is 25.2. The molecule has 0 aromatic heterocycles. The molecule has 9 heteroatoms. The highest BCUT2D eigenvalue weighted by Gasteiger charge is 2.32. The zero-order valence-corrected chi connectivity index (χ0v) is 26.0. The smallest absolute Gasteiger partial charge is 0.325 e. The van der Waals surface area contributed by atoms with Crippen molar-refractivity contribution < 1.29 is 28.9 Å². The van der Waals surface area contributed by atoms with Gasteiger partial charge in [-0.05, 0) is 46.9 Å². The van der Waals surface area contributed by atoms with E-state index in [0.717, 1.165) is 45.6 Å². The molecule has 234 valence electrons. The van der Waals surface area contributed by atoms with Crippen molar-refractivity contribution in [2.45, 2.75) is 49.9 Å². The van der Waals surface area contributed by atoms with Crippen molar-refractivity contribution in [1.29, 1.82) is 0 Å². The summed E-state index contributed by atoms with van der Waals surface area (Å²) in [5.74, 6) is 0.312. The van der Waals surface area contributed by atoms with Gasteiger partial charge in [0.1, 0.15) is 6.54 Å². The lowest BCUT2D eigenvalue weighted by Gasteiger charge is -2.36. The van der Waals surface area contributed by atoms with Crippen molar-refractivity contribution in [3.63, 3.8) is 0 Å². The van der Waals surface area contributed by atoms with Crippen LogP contribution in [0.5, 0.6) is 0 Å². The van der Waals surface area contributed by atoms with E-state index in [1.165, 1.54) is 4.90 Å². The van der Waals surface area contributed by atoms with Crippen LogP contribution in [0.3, 0.4) is 0 Å². The van der Waals surface area contributed by atoms with Gasteiger partial charge in [-0.1, -0.05) is 91.0 Å². The highest BCUT2D eigenvalue weighted by molar-refractivity contribution is 7.99. The second kappa shape index (κ2) is 16.2. The van der Waals surface area contributed by atoms with Crippen molar-refractivity contribution in [1.82, 2.24) is 10.6 Å². The normalized spacial score (nSPS) is 17.8. The van der Waals surface area contributed by atoms with Crippen molar-refractivity contribution in [3.8, 4) is 11.1 Å². The number of hydrogen-bond donors (Lipinski definition) is 3. The highest BCUT2D eigenvalue weighted by atomic mass is 32.2. The third kappa shape index (κ3) is 9.18. The number of carbonyl (C=O) groups is 2. The number of urea groups is 1. The molecule has 0 saturated carbocycles. The van der Waals surface area contributed by atoms with E-state index in [-0.39, 0.29) is 32.0 Å². The van der Waals surface area contributed by atoms with E-state index >= 15 is 0 Å². The quantitative estimate of drug-likeness (QED) is 0.121. The number of esters is 1. The average molecular weight is 627 g/mol. The highest BCUT2D eigenvalue weighted by Crippen LogP contribution is 2.40. The van der Waals surface area contributed by atoms with Crippen LogP contribution in [0.1, 0.15) is 48.0 Å². The summed E-state index contributed by atoms with van der Waals surface area (Å²) in [6.07, 6.45) is -0.00499. The van der Waals surface area contributed by atoms with Gasteiger partial charge in [0.2, 0.25) is 0 Å². The minimum Gasteiger partial charge on any atom is -0.465 e. The molecule has 1 heterocycles. The van der Waals surface area contributed by atoms with E-state index in [1.807, 2.05) is 91.0 Å². The first kappa shape index (κ1) is 32.2. The first-order valence-electron chi connectivity index (χ1n) is 15.1. The summed E-state index contributed by atoms with van der Waals surface area (Å²) in [7, 11) is 0. The van der Waals surface area contributed by atoms with Crippen LogP contribution in [0.2, 0.25) is 0 Å². The molecule has 0 spiro atoms. The van der Waals surface area contributed by atoms with Crippen LogP contribution in [0.25, 0.3) is 11.1 Å². The first-order chi connectivity index (χ1) is 22.0. The molecule has 4 aromatic rings. The van der Waals surface area contributed by atoms with Gasteiger partial charge in [-0.25, -0.2) is 4.79 Å². The molecule has 3 atom stereocenters. The fraction of sp³-hybridized carbons (Fsp3) is 0.278. The van der Waals surface area contributed by atoms with Crippen LogP contribution in [-0.4, -0.2) is 42.1 Å². The molecule has 2 amide bonds. The predicted molar refractivity (Wildman–Crippen MR) is 174 cm³/mol. The van der Waals surface area contributed by atoms with Gasteiger partial charge in [-0.2, -0.15) is 0 Å². The summed E-state index contributed by atoms with van der Waals surface area (Å²) >= 11 is 1.77. The number of hydrogen-bond acceptors (Lipinski definition) is 7. The van der Waals surface area contributed by atoms with Crippen LogP contribution >= 0.6 is 11.8 Å². The maximum atomic E-state index is 12.2. The van der Waals surface area contributed by atoms with Gasteiger partial charge in [0, 0.05) is 29.2 Å². The summed E-state index contributed by atoms with van der Waals surface area (Å²) in [6.45, 7) is 2.09. The number of aliphatic hydroxyl groups is 1. The Labute approximate surface area is 268 Å². The van der Waals surface area contributed by atoms with Gasteiger partial charge >= 0.3 is 12.0 Å². The Morgan fingerprint density at radius 1 is 0.867 bits per heavy atom. The number of amides is 2. The van der Waals surface area contributed by atoms with Gasteiger partial charge < -0.3 is 30.0 Å². The Kier molecular flexibility index (Phi) is 11.6. The van der Waals surface area contributed by atoms with E-state index in [0.29, 0.717) is 6.54 Å². The number of carbonyl (C=O) groups excluding carboxylic acids is 2. The number of benzene rings is 4. The number of aliphatic hydroxyl groups excluding tert-OH is 1. The zero-order chi connectivity index (χ0) is 31.4. The number of ether oxygens (including phenoxy) is 3. The Hall–Kier alpha value is -4.15. The Bertz CT molecular complexity index is 1530. The van der Waals surface area contributed by atoms with Crippen LogP contribution in [0.15, 0.2) is 108 Å². The molecule has 8 nitrogen and oxygen atoms in total. The fourth-order valence-electron chi connectivity index (χ4n) is 5.11. The number of thioether (sulfide) groups is 1. The summed E-state index contributed by atoms with van der Waals surface area (Å²) < 4.78 is 17.9. The molecule has 45 heavy (non-hydrogen) atoms. The lowest BCUT2D eigenvalue weighted by molar-refractivity contribution is -0.245. The number of rotatable bonds is 12. The Morgan fingerprint density at radius 2 is 1.58 bits per heavy atom. The van der Waals surface area contributed by atoms with Gasteiger partial charge in [0.05, 0.1) is 25.4 Å². The van der Waals surface area contributed by atoms with Crippen LogP contribution < -0.4 is 10.6 Å². The second-order valence-electron chi connectivity index (χ2n) is 10.6. The minimum absolute atomic E-state index is 0.00208. The summed E-state index contributed by atoms with van der Waals surface area (Å²) in [4.78, 5) is 25.0. The molecule has 1 aliphatic rings. The molecule has 0 bridgehead atoms. The molecule has 5 rings (SSSR count). The van der Waals surface area contributed by atoms with Crippen molar-refractivity contribution in [2.24, 2.45) is 0 Å². The minimum atomic E-state index is -0.545. The molecule has 3 N–H and O–H groups in total. The lowest BCUT2D eigenvalue weighted by Crippen LogP contribution is -2.38. The van der Waals surface area contributed by atoms with E-state index < -0.39 is 18.3 Å². The van der Waals surface area contributed by atoms with E-state index in [9.17, 15) is 14.7 Å².